The van der Waals surface area contributed by atoms with Gasteiger partial charge in [0.2, 0.25) is 0 Å². The molecule has 24 nitrogen and oxygen atoms in total. The molecule has 0 spiro atoms. The van der Waals surface area contributed by atoms with Crippen LogP contribution in [0, 0.1) is 80.3 Å². The van der Waals surface area contributed by atoms with Crippen LogP contribution in [0.3, 0.4) is 0 Å². The quantitative estimate of drug-likeness (QED) is 0.0494. The Kier molecular flexibility index (Phi) is 23.1. The SMILES string of the molecule is Cc1ccc2c(c1)c(N1CCN(C(=O)c3ccc(F)cc3)CC1)c([N+](=O)[O-])c(=O)n2CCC(C)C.Cc1ccc2c(c1)c(N1CCN(C(=O)c3ccc(F)cc3)CC1)c([N+](=O)[O-])c(=O)n2Cc1ccc(F)cc1.Cc1ccc2c(c1)c(N1CCN(C(=O)c3ccc(F)cc3)CC1)c([N+](=O)[O-])c(=O)n2Cc1ccccc1. The van der Waals surface area contributed by atoms with Gasteiger partial charge < -0.3 is 34.0 Å². The number of piperazine rings is 3. The van der Waals surface area contributed by atoms with Crippen LogP contribution in [0.1, 0.15) is 79.2 Å². The van der Waals surface area contributed by atoms with E-state index in [1.165, 1.54) is 98.6 Å². The molecule has 11 aromatic rings. The summed E-state index contributed by atoms with van der Waals surface area (Å²) < 4.78 is 57.5. The number of halogens is 4. The molecule has 0 bridgehead atoms. The van der Waals surface area contributed by atoms with Gasteiger partial charge in [-0.15, -0.1) is 0 Å². The van der Waals surface area contributed by atoms with Crippen molar-refractivity contribution in [2.75, 3.05) is 93.2 Å². The van der Waals surface area contributed by atoms with Crippen LogP contribution in [-0.4, -0.2) is 139 Å². The maximum absolute atomic E-state index is 13.6. The molecule has 28 heteroatoms. The molecular formula is C82H78F4N12O12. The van der Waals surface area contributed by atoms with E-state index in [1.807, 2.05) is 123 Å². The average Bonchev–Trinajstić information content (AvgIpc) is 0.754. The summed E-state index contributed by atoms with van der Waals surface area (Å²) in [7, 11) is 0. The zero-order chi connectivity index (χ0) is 78.4. The number of rotatable bonds is 16. The normalized spacial score (nSPS) is 13.8. The first-order valence-electron chi connectivity index (χ1n) is 35.9. The zero-order valence-corrected chi connectivity index (χ0v) is 61.0. The Morgan fingerprint density at radius 1 is 0.373 bits per heavy atom. The number of benzene rings is 8. The first-order chi connectivity index (χ1) is 52.7. The van der Waals surface area contributed by atoms with E-state index >= 15 is 0 Å². The van der Waals surface area contributed by atoms with Gasteiger partial charge in [-0.05, 0) is 166 Å². The number of hydrogen-bond donors (Lipinski definition) is 0. The predicted octanol–water partition coefficient (Wildman–Crippen LogP) is 13.2. The first kappa shape index (κ1) is 76.8. The van der Waals surface area contributed by atoms with Gasteiger partial charge in [-0.2, -0.15) is 0 Å². The number of nitrogens with zero attached hydrogens (tertiary/aromatic N) is 12. The molecule has 566 valence electrons. The summed E-state index contributed by atoms with van der Waals surface area (Å²) in [5.41, 5.74) is 4.52. The summed E-state index contributed by atoms with van der Waals surface area (Å²) in [5, 5.41) is 38.5. The lowest BCUT2D eigenvalue weighted by molar-refractivity contribution is -0.385. The van der Waals surface area contributed by atoms with E-state index in [2.05, 4.69) is 0 Å². The summed E-state index contributed by atoms with van der Waals surface area (Å²) in [6, 6.07) is 47.7. The highest BCUT2D eigenvalue weighted by atomic mass is 19.1. The lowest BCUT2D eigenvalue weighted by Gasteiger charge is -2.36. The van der Waals surface area contributed by atoms with Crippen molar-refractivity contribution in [2.24, 2.45) is 5.92 Å². The van der Waals surface area contributed by atoms with Gasteiger partial charge in [0.15, 0.2) is 0 Å². The number of nitro groups is 3. The van der Waals surface area contributed by atoms with Crippen molar-refractivity contribution < 1.29 is 46.7 Å². The fourth-order valence-electron chi connectivity index (χ4n) is 14.3. The van der Waals surface area contributed by atoms with Crippen LogP contribution < -0.4 is 31.4 Å². The minimum absolute atomic E-state index is 0.0414. The Morgan fingerprint density at radius 2 is 0.645 bits per heavy atom. The lowest BCUT2D eigenvalue weighted by atomic mass is 10.1. The van der Waals surface area contributed by atoms with E-state index in [0.717, 1.165) is 28.7 Å². The summed E-state index contributed by atoms with van der Waals surface area (Å²) in [6.45, 7) is 14.1. The van der Waals surface area contributed by atoms with E-state index in [1.54, 1.807) is 37.8 Å². The second-order valence-electron chi connectivity index (χ2n) is 27.8. The molecule has 8 aromatic carbocycles. The Hall–Kier alpha value is -12.9. The van der Waals surface area contributed by atoms with Crippen LogP contribution in [-0.2, 0) is 19.6 Å². The number of carbonyl (C=O) groups is 3. The topological polar surface area (TPSA) is 266 Å². The number of pyridine rings is 3. The van der Waals surface area contributed by atoms with E-state index in [9.17, 15) is 76.7 Å². The molecule has 0 unspecified atom stereocenters. The van der Waals surface area contributed by atoms with Gasteiger partial charge in [0.25, 0.3) is 17.7 Å². The molecule has 3 aliphatic heterocycles. The lowest BCUT2D eigenvalue weighted by Crippen LogP contribution is -2.49. The van der Waals surface area contributed by atoms with Gasteiger partial charge in [0.1, 0.15) is 40.3 Å². The molecule has 0 radical (unpaired) electrons. The molecule has 3 saturated heterocycles. The van der Waals surface area contributed by atoms with Crippen molar-refractivity contribution in [1.29, 1.82) is 0 Å². The number of anilines is 3. The molecule has 0 atom stereocenters. The van der Waals surface area contributed by atoms with Crippen LogP contribution in [0.15, 0.2) is 196 Å². The van der Waals surface area contributed by atoms with Crippen molar-refractivity contribution in [1.82, 2.24) is 28.4 Å². The number of aromatic nitrogens is 3. The molecule has 3 amide bonds. The van der Waals surface area contributed by atoms with Gasteiger partial charge in [-0.25, -0.2) is 17.6 Å². The summed E-state index contributed by atoms with van der Waals surface area (Å²) in [6.07, 6.45) is 0.726. The van der Waals surface area contributed by atoms with Crippen molar-refractivity contribution in [3.8, 4) is 0 Å². The maximum Gasteiger partial charge on any atom is 0.357 e. The van der Waals surface area contributed by atoms with E-state index in [4.69, 9.17) is 0 Å². The van der Waals surface area contributed by atoms with Crippen LogP contribution >= 0.6 is 0 Å². The Balaban J connectivity index is 0.000000154. The van der Waals surface area contributed by atoms with Gasteiger partial charge in [0.05, 0.1) is 44.4 Å². The predicted molar refractivity (Wildman–Crippen MR) is 413 cm³/mol. The number of aryl methyl sites for hydroxylation is 4. The molecule has 110 heavy (non-hydrogen) atoms. The Labute approximate surface area is 627 Å². The maximum atomic E-state index is 13.6. The third-order valence-corrected chi connectivity index (χ3v) is 19.9. The molecule has 3 fully saturated rings. The minimum atomic E-state index is -0.754. The highest BCUT2D eigenvalue weighted by Crippen LogP contribution is 2.39. The largest absolute Gasteiger partial charge is 0.362 e. The standard InChI is InChI=1S/C28H24F2N4O4.C28H25FN4O4.C26H29FN4O4/c1-18-2-11-24-23(16-18)25(26(34(37)38)28(36)33(24)17-19-3-7-21(29)8-4-19)31-12-14-32(15-13-31)27(35)20-5-9-22(30)10-6-20;1-19-7-12-24-23(17-19)25(26(33(36)37)28(35)32(24)18-20-5-3-2-4-6-20)30-13-15-31(16-14-30)27(34)21-8-10-22(29)11-9-21;1-17(2)10-11-30-22-9-4-18(3)16-21(22)23(24(26(30)33)31(34)35)28-12-14-29(15-13-28)25(32)19-5-7-20(27)8-6-19/h2-11,16H,12-15,17H2,1H3;2-12,17H,13-16,18H2,1H3;4-9,16-17H,10-15H2,1-3H3. The van der Waals surface area contributed by atoms with Crippen LogP contribution in [0.5, 0.6) is 0 Å². The van der Waals surface area contributed by atoms with E-state index in [0.29, 0.717) is 125 Å². The first-order valence-corrected chi connectivity index (χ1v) is 35.9. The second kappa shape index (κ2) is 33.1. The number of amides is 3. The number of hydrogen-bond acceptors (Lipinski definition) is 15. The fraction of sp³-hybridized carbons (Fsp3) is 0.268. The molecule has 3 aliphatic rings. The molecule has 0 saturated carbocycles. The van der Waals surface area contributed by atoms with Gasteiger partial charge in [0, 0.05) is 118 Å². The van der Waals surface area contributed by atoms with E-state index in [-0.39, 0.29) is 68.4 Å². The fourth-order valence-corrected chi connectivity index (χ4v) is 14.3. The summed E-state index contributed by atoms with van der Waals surface area (Å²) >= 11 is 0. The van der Waals surface area contributed by atoms with Crippen molar-refractivity contribution in [2.45, 2.75) is 60.7 Å². The van der Waals surface area contributed by atoms with Crippen LogP contribution in [0.2, 0.25) is 0 Å². The van der Waals surface area contributed by atoms with Gasteiger partial charge >= 0.3 is 33.7 Å². The molecule has 14 rings (SSSR count). The van der Waals surface area contributed by atoms with Gasteiger partial charge in [-0.3, -0.25) is 68.2 Å². The molecule has 0 N–H and O–H groups in total. The second-order valence-corrected chi connectivity index (χ2v) is 27.8. The van der Waals surface area contributed by atoms with Crippen molar-refractivity contribution in [3.63, 3.8) is 0 Å². The van der Waals surface area contributed by atoms with Crippen LogP contribution in [0.4, 0.5) is 51.7 Å². The average molecular weight is 1500 g/mol. The third-order valence-electron chi connectivity index (χ3n) is 19.9. The van der Waals surface area contributed by atoms with Gasteiger partial charge in [-0.1, -0.05) is 91.2 Å². The molecule has 0 aliphatic carbocycles. The monoisotopic (exact) mass is 1500 g/mol. The minimum Gasteiger partial charge on any atom is -0.362 e. The highest BCUT2D eigenvalue weighted by Gasteiger charge is 2.37. The van der Waals surface area contributed by atoms with E-state index < -0.39 is 71.8 Å². The smallest absolute Gasteiger partial charge is 0.357 e. The summed E-state index contributed by atoms with van der Waals surface area (Å²) in [5.74, 6) is -2.05. The van der Waals surface area contributed by atoms with Crippen molar-refractivity contribution in [3.05, 3.63) is 311 Å². The number of fused-ring (bicyclic) bond motifs is 3. The Bertz CT molecular complexity index is 5550. The molecular weight excluding hydrogens is 1420 g/mol. The molecule has 6 heterocycles. The highest BCUT2D eigenvalue weighted by molar-refractivity contribution is 6.01. The van der Waals surface area contributed by atoms with Crippen LogP contribution in [0.25, 0.3) is 32.7 Å². The molecule has 3 aromatic heterocycles. The summed E-state index contributed by atoms with van der Waals surface area (Å²) in [4.78, 5) is 124. The zero-order valence-electron chi connectivity index (χ0n) is 61.0. The Morgan fingerprint density at radius 3 is 0.936 bits per heavy atom. The number of carbonyl (C=O) groups excluding carboxylic acids is 3. The third kappa shape index (κ3) is 16.6. The van der Waals surface area contributed by atoms with Crippen molar-refractivity contribution >= 4 is 84.6 Å².